The number of carbonyl (C=O) groups excluding carboxylic acids is 1. The molecule has 2 rings (SSSR count). The number of carbonyl (C=O) groups is 1. The van der Waals surface area contributed by atoms with E-state index in [4.69, 9.17) is 10.6 Å². The van der Waals surface area contributed by atoms with Gasteiger partial charge in [-0.2, -0.15) is 5.06 Å². The zero-order valence-electron chi connectivity index (χ0n) is 8.73. The highest BCUT2D eigenvalue weighted by atomic mass is 19.1. The highest BCUT2D eigenvalue weighted by Crippen LogP contribution is 2.24. The third-order valence-corrected chi connectivity index (χ3v) is 2.52. The highest BCUT2D eigenvalue weighted by molar-refractivity contribution is 5.81. The summed E-state index contributed by atoms with van der Waals surface area (Å²) in [5.74, 6) is -0.831. The van der Waals surface area contributed by atoms with E-state index in [2.05, 4.69) is 0 Å². The van der Waals surface area contributed by atoms with Crippen molar-refractivity contribution in [1.82, 2.24) is 5.06 Å². The number of hydroxylamine groups is 2. The van der Waals surface area contributed by atoms with Gasteiger partial charge in [-0.05, 0) is 24.1 Å². The van der Waals surface area contributed by atoms with Crippen molar-refractivity contribution in [2.45, 2.75) is 12.5 Å². The van der Waals surface area contributed by atoms with Crippen LogP contribution in [-0.4, -0.2) is 24.1 Å². The third kappa shape index (κ3) is 2.20. The van der Waals surface area contributed by atoms with Gasteiger partial charge in [-0.25, -0.2) is 4.39 Å². The van der Waals surface area contributed by atoms with Crippen LogP contribution in [0.3, 0.4) is 0 Å². The van der Waals surface area contributed by atoms with Crippen LogP contribution >= 0.6 is 0 Å². The molecule has 1 aromatic rings. The van der Waals surface area contributed by atoms with Crippen LogP contribution in [0.15, 0.2) is 24.3 Å². The van der Waals surface area contributed by atoms with Crippen molar-refractivity contribution in [1.29, 1.82) is 0 Å². The van der Waals surface area contributed by atoms with Crippen LogP contribution in [0, 0.1) is 5.82 Å². The summed E-state index contributed by atoms with van der Waals surface area (Å²) in [5, 5.41) is 1.55. The average molecular weight is 224 g/mol. The van der Waals surface area contributed by atoms with Crippen LogP contribution in [-0.2, 0) is 9.63 Å². The van der Waals surface area contributed by atoms with Crippen molar-refractivity contribution in [3.8, 4) is 0 Å². The highest BCUT2D eigenvalue weighted by Gasteiger charge is 2.29. The molecule has 1 fully saturated rings. The molecule has 0 aromatic heterocycles. The minimum Gasteiger partial charge on any atom is -0.368 e. The lowest BCUT2D eigenvalue weighted by atomic mass is 10.1. The van der Waals surface area contributed by atoms with Crippen LogP contribution in [0.5, 0.6) is 0 Å². The zero-order chi connectivity index (χ0) is 11.5. The van der Waals surface area contributed by atoms with E-state index in [0.717, 1.165) is 6.42 Å². The number of hydrogen-bond acceptors (Lipinski definition) is 3. The van der Waals surface area contributed by atoms with Crippen molar-refractivity contribution < 1.29 is 14.0 Å². The van der Waals surface area contributed by atoms with Gasteiger partial charge in [-0.3, -0.25) is 9.63 Å². The number of amides is 1. The summed E-state index contributed by atoms with van der Waals surface area (Å²) >= 11 is 0. The second-order valence-electron chi connectivity index (χ2n) is 3.68. The van der Waals surface area contributed by atoms with Gasteiger partial charge >= 0.3 is 0 Å². The normalized spacial score (nSPS) is 18.6. The van der Waals surface area contributed by atoms with E-state index in [9.17, 15) is 9.18 Å². The lowest BCUT2D eigenvalue weighted by Crippen LogP contribution is -2.35. The van der Waals surface area contributed by atoms with Crippen molar-refractivity contribution in [3.05, 3.63) is 35.6 Å². The van der Waals surface area contributed by atoms with Gasteiger partial charge in [0.25, 0.3) is 0 Å². The molecule has 1 atom stereocenters. The average Bonchev–Trinajstić information content (AvgIpc) is 2.74. The second-order valence-corrected chi connectivity index (χ2v) is 3.68. The lowest BCUT2D eigenvalue weighted by molar-refractivity contribution is -0.160. The van der Waals surface area contributed by atoms with E-state index >= 15 is 0 Å². The summed E-state index contributed by atoms with van der Waals surface area (Å²) in [4.78, 5) is 16.7. The Morgan fingerprint density at radius 1 is 1.44 bits per heavy atom. The van der Waals surface area contributed by atoms with Gasteiger partial charge in [0.1, 0.15) is 11.9 Å². The maximum atomic E-state index is 12.8. The van der Waals surface area contributed by atoms with Gasteiger partial charge in [-0.15, -0.1) is 0 Å². The number of rotatable bonds is 3. The maximum Gasteiger partial charge on any atom is 0.241 e. The Bertz CT molecular complexity index is 374. The summed E-state index contributed by atoms with van der Waals surface area (Å²) in [6, 6.07) is 5.07. The van der Waals surface area contributed by atoms with Crippen molar-refractivity contribution in [2.75, 3.05) is 13.2 Å². The molecule has 4 nitrogen and oxygen atoms in total. The summed E-state index contributed by atoms with van der Waals surface area (Å²) in [5.41, 5.74) is 5.98. The molecule has 0 spiro atoms. The first kappa shape index (κ1) is 11.0. The molecule has 2 N–H and O–H groups in total. The predicted octanol–water partition coefficient (Wildman–Crippen LogP) is 0.989. The maximum absolute atomic E-state index is 12.8. The summed E-state index contributed by atoms with van der Waals surface area (Å²) in [7, 11) is 0. The number of halogens is 1. The van der Waals surface area contributed by atoms with Crippen molar-refractivity contribution in [3.63, 3.8) is 0 Å². The van der Waals surface area contributed by atoms with Crippen LogP contribution in [0.25, 0.3) is 0 Å². The Labute approximate surface area is 92.7 Å². The zero-order valence-corrected chi connectivity index (χ0v) is 8.73. The van der Waals surface area contributed by atoms with Gasteiger partial charge in [0, 0.05) is 6.54 Å². The Morgan fingerprint density at radius 3 is 2.62 bits per heavy atom. The Hall–Kier alpha value is -1.46. The molecule has 1 amide bonds. The summed E-state index contributed by atoms with van der Waals surface area (Å²) < 4.78 is 12.8. The molecule has 1 aliphatic rings. The molecular formula is C11H13FN2O2. The SMILES string of the molecule is NC(=O)C(c1ccc(F)cc1)N1CCCO1. The van der Waals surface area contributed by atoms with Gasteiger partial charge in [0.15, 0.2) is 0 Å². The quantitative estimate of drug-likeness (QED) is 0.833. The Kier molecular flexibility index (Phi) is 3.17. The number of primary amides is 1. The molecular weight excluding hydrogens is 211 g/mol. The molecule has 5 heteroatoms. The van der Waals surface area contributed by atoms with E-state index < -0.39 is 11.9 Å². The second kappa shape index (κ2) is 4.59. The summed E-state index contributed by atoms with van der Waals surface area (Å²) in [6.45, 7) is 1.25. The molecule has 1 aromatic carbocycles. The van der Waals surface area contributed by atoms with Crippen LogP contribution in [0.2, 0.25) is 0 Å². The molecule has 16 heavy (non-hydrogen) atoms. The lowest BCUT2D eigenvalue weighted by Gasteiger charge is -2.23. The van der Waals surface area contributed by atoms with E-state index in [-0.39, 0.29) is 5.82 Å². The molecule has 1 saturated heterocycles. The van der Waals surface area contributed by atoms with E-state index in [1.165, 1.54) is 12.1 Å². The van der Waals surface area contributed by atoms with Crippen LogP contribution < -0.4 is 5.73 Å². The first-order chi connectivity index (χ1) is 7.68. The Morgan fingerprint density at radius 2 is 2.12 bits per heavy atom. The minimum atomic E-state index is -0.636. The van der Waals surface area contributed by atoms with Gasteiger partial charge in [0.05, 0.1) is 6.61 Å². The monoisotopic (exact) mass is 224 g/mol. The Balaban J connectivity index is 2.24. The number of nitrogens with two attached hydrogens (primary N) is 1. The molecule has 0 saturated carbocycles. The fraction of sp³-hybridized carbons (Fsp3) is 0.364. The fourth-order valence-electron chi connectivity index (χ4n) is 1.79. The molecule has 1 unspecified atom stereocenters. The number of benzene rings is 1. The smallest absolute Gasteiger partial charge is 0.241 e. The van der Waals surface area contributed by atoms with Gasteiger partial charge in [0.2, 0.25) is 5.91 Å². The van der Waals surface area contributed by atoms with E-state index in [0.29, 0.717) is 18.7 Å². The molecule has 1 heterocycles. The van der Waals surface area contributed by atoms with Crippen LogP contribution in [0.1, 0.15) is 18.0 Å². The fourth-order valence-corrected chi connectivity index (χ4v) is 1.79. The van der Waals surface area contributed by atoms with E-state index in [1.54, 1.807) is 17.2 Å². The number of nitrogens with zero attached hydrogens (tertiary/aromatic N) is 1. The molecule has 0 bridgehead atoms. The first-order valence-corrected chi connectivity index (χ1v) is 5.13. The standard InChI is InChI=1S/C11H13FN2O2/c12-9-4-2-8(3-5-9)10(11(13)15)14-6-1-7-16-14/h2-5,10H,1,6-7H2,(H2,13,15). The van der Waals surface area contributed by atoms with Crippen molar-refractivity contribution >= 4 is 5.91 Å². The topological polar surface area (TPSA) is 55.6 Å². The first-order valence-electron chi connectivity index (χ1n) is 5.13. The number of hydrogen-bond donors (Lipinski definition) is 1. The van der Waals surface area contributed by atoms with Gasteiger partial charge < -0.3 is 5.73 Å². The predicted molar refractivity (Wildman–Crippen MR) is 55.6 cm³/mol. The molecule has 0 aliphatic carbocycles. The molecule has 1 aliphatic heterocycles. The van der Waals surface area contributed by atoms with E-state index in [1.807, 2.05) is 0 Å². The summed E-state index contributed by atoms with van der Waals surface area (Å²) in [6.07, 6.45) is 0.866. The van der Waals surface area contributed by atoms with Crippen molar-refractivity contribution in [2.24, 2.45) is 5.73 Å². The van der Waals surface area contributed by atoms with Gasteiger partial charge in [-0.1, -0.05) is 12.1 Å². The minimum absolute atomic E-state index is 0.339. The van der Waals surface area contributed by atoms with Crippen LogP contribution in [0.4, 0.5) is 4.39 Å². The molecule has 0 radical (unpaired) electrons. The molecule has 86 valence electrons. The largest absolute Gasteiger partial charge is 0.368 e. The third-order valence-electron chi connectivity index (χ3n) is 2.52.